The first-order valence-electron chi connectivity index (χ1n) is 6.58. The van der Waals surface area contributed by atoms with Gasteiger partial charge in [0.1, 0.15) is 11.3 Å². The van der Waals surface area contributed by atoms with E-state index in [1.165, 1.54) is 0 Å². The van der Waals surface area contributed by atoms with Gasteiger partial charge in [-0.2, -0.15) is 0 Å². The number of aryl methyl sites for hydroxylation is 2. The molecule has 0 fully saturated rings. The average molecular weight is 323 g/mol. The topological polar surface area (TPSA) is 81.4 Å². The molecule has 0 bridgehead atoms. The lowest BCUT2D eigenvalue weighted by Crippen LogP contribution is -2.28. The molecule has 116 valence electrons. The molecule has 0 unspecified atom stereocenters. The van der Waals surface area contributed by atoms with Crippen LogP contribution >= 0.6 is 11.6 Å². The van der Waals surface area contributed by atoms with E-state index < -0.39 is 11.9 Å². The zero-order valence-corrected chi connectivity index (χ0v) is 12.9. The number of halogens is 1. The lowest BCUT2D eigenvalue weighted by molar-refractivity contribution is -0.124. The van der Waals surface area contributed by atoms with Crippen molar-refractivity contribution in [3.8, 4) is 0 Å². The summed E-state index contributed by atoms with van der Waals surface area (Å²) in [5.41, 5.74) is 1.54. The molecule has 1 amide bonds. The molecular formula is C15H15ClN2O4. The number of hydrogen-bond acceptors (Lipinski definition) is 5. The first-order chi connectivity index (χ1) is 10.5. The summed E-state index contributed by atoms with van der Waals surface area (Å²) in [6, 6.07) is 7.12. The third-order valence-electron chi connectivity index (χ3n) is 2.95. The Balaban J connectivity index is 1.82. The van der Waals surface area contributed by atoms with Gasteiger partial charge in [-0.05, 0) is 31.5 Å². The van der Waals surface area contributed by atoms with E-state index in [9.17, 15) is 9.59 Å². The summed E-state index contributed by atoms with van der Waals surface area (Å²) in [7, 11) is 0. The fraction of sp³-hybridized carbons (Fsp3) is 0.267. The number of esters is 1. The van der Waals surface area contributed by atoms with E-state index in [1.54, 1.807) is 32.0 Å². The van der Waals surface area contributed by atoms with Crippen LogP contribution in [0.1, 0.15) is 27.4 Å². The lowest BCUT2D eigenvalue weighted by atomic mass is 10.2. The van der Waals surface area contributed by atoms with Crippen LogP contribution < -0.4 is 5.32 Å². The molecule has 0 atom stereocenters. The van der Waals surface area contributed by atoms with E-state index in [0.29, 0.717) is 23.0 Å². The Morgan fingerprint density at radius 2 is 2.14 bits per heavy atom. The van der Waals surface area contributed by atoms with Gasteiger partial charge in [0.2, 0.25) is 0 Å². The van der Waals surface area contributed by atoms with Crippen LogP contribution in [0.4, 0.5) is 0 Å². The normalized spacial score (nSPS) is 10.3. The van der Waals surface area contributed by atoms with Crippen molar-refractivity contribution in [1.29, 1.82) is 0 Å². The number of carbonyl (C=O) groups is 2. The van der Waals surface area contributed by atoms with Gasteiger partial charge in [-0.15, -0.1) is 0 Å². The predicted molar refractivity (Wildman–Crippen MR) is 79.6 cm³/mol. The molecule has 0 radical (unpaired) electrons. The third kappa shape index (κ3) is 4.08. The molecule has 0 aliphatic rings. The summed E-state index contributed by atoms with van der Waals surface area (Å²) in [4.78, 5) is 23.5. The summed E-state index contributed by atoms with van der Waals surface area (Å²) < 4.78 is 9.82. The molecule has 0 saturated heterocycles. The van der Waals surface area contributed by atoms with E-state index in [2.05, 4.69) is 10.5 Å². The van der Waals surface area contributed by atoms with Gasteiger partial charge in [0.05, 0.1) is 5.69 Å². The molecule has 0 aliphatic carbocycles. The van der Waals surface area contributed by atoms with Crippen LogP contribution in [0.5, 0.6) is 0 Å². The average Bonchev–Trinajstić information content (AvgIpc) is 2.82. The van der Waals surface area contributed by atoms with Crippen molar-refractivity contribution in [2.24, 2.45) is 0 Å². The Morgan fingerprint density at radius 1 is 1.36 bits per heavy atom. The summed E-state index contributed by atoms with van der Waals surface area (Å²) in [6.07, 6.45) is 0. The Labute approximate surface area is 132 Å². The maximum Gasteiger partial charge on any atom is 0.344 e. The van der Waals surface area contributed by atoms with Gasteiger partial charge in [-0.3, -0.25) is 4.79 Å². The molecule has 1 aromatic heterocycles. The predicted octanol–water partition coefficient (Wildman–Crippen LogP) is 2.42. The zero-order valence-electron chi connectivity index (χ0n) is 12.2. The van der Waals surface area contributed by atoms with Gasteiger partial charge in [0.15, 0.2) is 6.61 Å². The number of amides is 1. The molecule has 0 spiro atoms. The van der Waals surface area contributed by atoms with Crippen molar-refractivity contribution < 1.29 is 18.8 Å². The Morgan fingerprint density at radius 3 is 2.77 bits per heavy atom. The highest BCUT2D eigenvalue weighted by Gasteiger charge is 2.19. The second kappa shape index (κ2) is 7.09. The highest BCUT2D eigenvalue weighted by Crippen LogP contribution is 2.13. The van der Waals surface area contributed by atoms with E-state index >= 15 is 0 Å². The van der Waals surface area contributed by atoms with Gasteiger partial charge in [-0.25, -0.2) is 4.79 Å². The maximum absolute atomic E-state index is 11.9. The molecule has 0 saturated carbocycles. The highest BCUT2D eigenvalue weighted by atomic mass is 35.5. The number of ether oxygens (including phenoxy) is 1. The number of benzene rings is 1. The third-order valence-corrected chi connectivity index (χ3v) is 3.19. The molecule has 1 aromatic carbocycles. The number of aromatic nitrogens is 1. The minimum absolute atomic E-state index is 0.252. The van der Waals surface area contributed by atoms with Crippen molar-refractivity contribution in [3.63, 3.8) is 0 Å². The molecule has 1 heterocycles. The molecule has 2 rings (SSSR count). The van der Waals surface area contributed by atoms with Crippen LogP contribution in [0.3, 0.4) is 0 Å². The molecule has 22 heavy (non-hydrogen) atoms. The quantitative estimate of drug-likeness (QED) is 0.855. The number of carbonyl (C=O) groups excluding carboxylic acids is 2. The van der Waals surface area contributed by atoms with Crippen molar-refractivity contribution in [2.45, 2.75) is 20.4 Å². The van der Waals surface area contributed by atoms with Gasteiger partial charge >= 0.3 is 5.97 Å². The molecule has 6 nitrogen and oxygen atoms in total. The summed E-state index contributed by atoms with van der Waals surface area (Å²) in [5, 5.41) is 6.90. The van der Waals surface area contributed by atoms with E-state index in [-0.39, 0.29) is 12.2 Å². The van der Waals surface area contributed by atoms with E-state index in [1.807, 2.05) is 6.07 Å². The summed E-state index contributed by atoms with van der Waals surface area (Å²) in [6.45, 7) is 3.17. The standard InChI is InChI=1S/C15H15ClN2O4/c1-9-14(10(2)22-18-9)15(20)21-8-13(19)17-7-11-4-3-5-12(16)6-11/h3-6H,7-8H2,1-2H3,(H,17,19). The van der Waals surface area contributed by atoms with Gasteiger partial charge < -0.3 is 14.6 Å². The maximum atomic E-state index is 11.9. The number of nitrogens with one attached hydrogen (secondary N) is 1. The number of nitrogens with zero attached hydrogens (tertiary/aromatic N) is 1. The first-order valence-corrected chi connectivity index (χ1v) is 6.96. The van der Waals surface area contributed by atoms with E-state index in [4.69, 9.17) is 20.9 Å². The van der Waals surface area contributed by atoms with Crippen LogP contribution in [-0.2, 0) is 16.1 Å². The molecule has 0 aliphatic heterocycles. The lowest BCUT2D eigenvalue weighted by Gasteiger charge is -2.07. The Kier molecular flexibility index (Phi) is 5.16. The molecule has 1 N–H and O–H groups in total. The number of hydrogen-bond donors (Lipinski definition) is 1. The second-order valence-corrected chi connectivity index (χ2v) is 5.12. The minimum atomic E-state index is -0.630. The van der Waals surface area contributed by atoms with E-state index in [0.717, 1.165) is 5.56 Å². The smallest absolute Gasteiger partial charge is 0.344 e. The number of rotatable bonds is 5. The molecule has 7 heteroatoms. The van der Waals surface area contributed by atoms with Crippen LogP contribution in [0, 0.1) is 13.8 Å². The Hall–Kier alpha value is -2.34. The Bertz CT molecular complexity index is 677. The van der Waals surface area contributed by atoms with Crippen LogP contribution in [0.15, 0.2) is 28.8 Å². The fourth-order valence-electron chi connectivity index (χ4n) is 1.88. The fourth-order valence-corrected chi connectivity index (χ4v) is 2.09. The molecular weight excluding hydrogens is 308 g/mol. The van der Waals surface area contributed by atoms with Gasteiger partial charge in [0, 0.05) is 11.6 Å². The van der Waals surface area contributed by atoms with Crippen molar-refractivity contribution in [1.82, 2.24) is 10.5 Å². The highest BCUT2D eigenvalue weighted by molar-refractivity contribution is 6.30. The van der Waals surface area contributed by atoms with Crippen LogP contribution in [0.2, 0.25) is 5.02 Å². The van der Waals surface area contributed by atoms with Crippen LogP contribution in [0.25, 0.3) is 0 Å². The van der Waals surface area contributed by atoms with Gasteiger partial charge in [-0.1, -0.05) is 28.9 Å². The molecule has 2 aromatic rings. The van der Waals surface area contributed by atoms with Crippen molar-refractivity contribution in [3.05, 3.63) is 51.9 Å². The second-order valence-electron chi connectivity index (χ2n) is 4.68. The van der Waals surface area contributed by atoms with Crippen LogP contribution in [-0.4, -0.2) is 23.6 Å². The minimum Gasteiger partial charge on any atom is -0.452 e. The first kappa shape index (κ1) is 16.0. The van der Waals surface area contributed by atoms with Crippen molar-refractivity contribution in [2.75, 3.05) is 6.61 Å². The monoisotopic (exact) mass is 322 g/mol. The van der Waals surface area contributed by atoms with Crippen molar-refractivity contribution >= 4 is 23.5 Å². The zero-order chi connectivity index (χ0) is 16.1. The largest absolute Gasteiger partial charge is 0.452 e. The summed E-state index contributed by atoms with van der Waals surface area (Å²) >= 11 is 5.85. The summed E-state index contributed by atoms with van der Waals surface area (Å²) in [5.74, 6) is -0.670. The SMILES string of the molecule is Cc1noc(C)c1C(=O)OCC(=O)NCc1cccc(Cl)c1. The van der Waals surface area contributed by atoms with Gasteiger partial charge in [0.25, 0.3) is 5.91 Å².